The Bertz CT molecular complexity index is 1040. The number of aromatic nitrogens is 2. The van der Waals surface area contributed by atoms with Gasteiger partial charge >= 0.3 is 0 Å². The van der Waals surface area contributed by atoms with Crippen LogP contribution in [0.1, 0.15) is 29.8 Å². The zero-order valence-electron chi connectivity index (χ0n) is 14.6. The number of anilines is 1. The molecule has 0 atom stereocenters. The number of nitriles is 1. The summed E-state index contributed by atoms with van der Waals surface area (Å²) in [6, 6.07) is 13.2. The minimum atomic E-state index is -0.252. The molecule has 130 valence electrons. The van der Waals surface area contributed by atoms with Gasteiger partial charge in [-0.25, -0.2) is 9.37 Å². The van der Waals surface area contributed by atoms with Gasteiger partial charge in [-0.2, -0.15) is 5.26 Å². The average molecular weight is 346 g/mol. The Morgan fingerprint density at radius 2 is 2.04 bits per heavy atom. The van der Waals surface area contributed by atoms with Gasteiger partial charge in [0.25, 0.3) is 0 Å². The fourth-order valence-corrected chi connectivity index (χ4v) is 3.40. The molecule has 1 aliphatic heterocycles. The molecule has 0 unspecified atom stereocenters. The number of hydrogen-bond acceptors (Lipinski definition) is 3. The Hall–Kier alpha value is -3.13. The normalized spacial score (nSPS) is 14.8. The zero-order chi connectivity index (χ0) is 18.1. The maximum absolute atomic E-state index is 14.5. The first-order chi connectivity index (χ1) is 12.6. The summed E-state index contributed by atoms with van der Waals surface area (Å²) in [5.74, 6) is 0.246. The van der Waals surface area contributed by atoms with Crippen molar-refractivity contribution < 1.29 is 4.39 Å². The summed E-state index contributed by atoms with van der Waals surface area (Å²) in [6.07, 6.45) is 3.87. The number of benzene rings is 2. The molecule has 0 radical (unpaired) electrons. The largest absolute Gasteiger partial charge is 0.369 e. The van der Waals surface area contributed by atoms with E-state index in [9.17, 15) is 9.65 Å². The van der Waals surface area contributed by atoms with Crippen LogP contribution in [0.15, 0.2) is 36.4 Å². The highest BCUT2D eigenvalue weighted by Gasteiger charge is 2.16. The third-order valence-corrected chi connectivity index (χ3v) is 4.74. The second kappa shape index (κ2) is 6.64. The molecule has 0 saturated carbocycles. The summed E-state index contributed by atoms with van der Waals surface area (Å²) in [7, 11) is 0. The van der Waals surface area contributed by atoms with Crippen molar-refractivity contribution in [2.24, 2.45) is 0 Å². The molecule has 4 nitrogen and oxygen atoms in total. The van der Waals surface area contributed by atoms with Crippen molar-refractivity contribution in [3.05, 3.63) is 59.2 Å². The number of fused-ring (bicyclic) bond motifs is 1. The molecule has 5 heteroatoms. The van der Waals surface area contributed by atoms with E-state index in [4.69, 9.17) is 0 Å². The predicted octanol–water partition coefficient (Wildman–Crippen LogP) is 4.67. The third-order valence-electron chi connectivity index (χ3n) is 4.74. The summed E-state index contributed by atoms with van der Waals surface area (Å²) < 4.78 is 14.5. The van der Waals surface area contributed by atoms with E-state index in [0.717, 1.165) is 42.5 Å². The third kappa shape index (κ3) is 3.06. The highest BCUT2D eigenvalue weighted by molar-refractivity contribution is 5.90. The summed E-state index contributed by atoms with van der Waals surface area (Å²) in [6.45, 7) is 3.80. The number of allylic oxidation sites excluding steroid dienone is 1. The number of aryl methyl sites for hydroxylation is 1. The summed E-state index contributed by atoms with van der Waals surface area (Å²) >= 11 is 0. The second-order valence-electron chi connectivity index (χ2n) is 6.68. The number of aromatic amines is 1. The van der Waals surface area contributed by atoms with E-state index >= 15 is 0 Å². The molecule has 1 fully saturated rings. The summed E-state index contributed by atoms with van der Waals surface area (Å²) in [4.78, 5) is 9.72. The highest BCUT2D eigenvalue weighted by Crippen LogP contribution is 2.26. The Morgan fingerprint density at radius 1 is 1.23 bits per heavy atom. The first-order valence-corrected chi connectivity index (χ1v) is 8.77. The first kappa shape index (κ1) is 16.3. The van der Waals surface area contributed by atoms with E-state index in [1.54, 1.807) is 12.1 Å². The van der Waals surface area contributed by atoms with Crippen LogP contribution >= 0.6 is 0 Å². The minimum Gasteiger partial charge on any atom is -0.369 e. The molecule has 1 aliphatic rings. The molecule has 1 N–H and O–H groups in total. The zero-order valence-corrected chi connectivity index (χ0v) is 14.6. The van der Waals surface area contributed by atoms with E-state index < -0.39 is 0 Å². The maximum Gasteiger partial charge on any atom is 0.149 e. The van der Waals surface area contributed by atoms with E-state index in [1.165, 1.54) is 6.07 Å². The van der Waals surface area contributed by atoms with E-state index in [-0.39, 0.29) is 5.82 Å². The van der Waals surface area contributed by atoms with Gasteiger partial charge < -0.3 is 9.88 Å². The van der Waals surface area contributed by atoms with Crippen LogP contribution in [0.2, 0.25) is 0 Å². The molecular weight excluding hydrogens is 327 g/mol. The van der Waals surface area contributed by atoms with Crippen molar-refractivity contribution in [1.82, 2.24) is 9.97 Å². The SMILES string of the molecule is Cc1ccc2nc(/C(C#N)=C\c3ccc(N4CCCC4)c(F)c3)[nH]c2c1. The Labute approximate surface area is 151 Å². The Balaban J connectivity index is 1.68. The monoisotopic (exact) mass is 346 g/mol. The Morgan fingerprint density at radius 3 is 2.77 bits per heavy atom. The number of hydrogen-bond donors (Lipinski definition) is 1. The second-order valence-corrected chi connectivity index (χ2v) is 6.68. The van der Waals surface area contributed by atoms with Crippen LogP contribution in [0, 0.1) is 24.1 Å². The van der Waals surface area contributed by atoms with Gasteiger partial charge in [0.05, 0.1) is 22.3 Å². The predicted molar refractivity (Wildman–Crippen MR) is 102 cm³/mol. The lowest BCUT2D eigenvalue weighted by atomic mass is 10.1. The smallest absolute Gasteiger partial charge is 0.149 e. The molecule has 4 rings (SSSR count). The Kier molecular flexibility index (Phi) is 4.18. The van der Waals surface area contributed by atoms with Gasteiger partial charge in [-0.15, -0.1) is 0 Å². The molecule has 1 saturated heterocycles. The van der Waals surface area contributed by atoms with Crippen LogP contribution in [0.3, 0.4) is 0 Å². The lowest BCUT2D eigenvalue weighted by Crippen LogP contribution is -2.18. The highest BCUT2D eigenvalue weighted by atomic mass is 19.1. The van der Waals surface area contributed by atoms with Crippen LogP contribution in [-0.4, -0.2) is 23.1 Å². The van der Waals surface area contributed by atoms with Crippen LogP contribution in [0.25, 0.3) is 22.7 Å². The van der Waals surface area contributed by atoms with Crippen molar-refractivity contribution in [2.45, 2.75) is 19.8 Å². The van der Waals surface area contributed by atoms with Crippen LogP contribution in [-0.2, 0) is 0 Å². The van der Waals surface area contributed by atoms with E-state index in [2.05, 4.69) is 20.9 Å². The molecule has 2 aromatic carbocycles. The molecule has 0 spiro atoms. The molecule has 0 aliphatic carbocycles. The van der Waals surface area contributed by atoms with E-state index in [0.29, 0.717) is 22.6 Å². The van der Waals surface area contributed by atoms with Gasteiger partial charge in [0.2, 0.25) is 0 Å². The quantitative estimate of drug-likeness (QED) is 0.701. The molecule has 2 heterocycles. The van der Waals surface area contributed by atoms with Crippen molar-refractivity contribution in [2.75, 3.05) is 18.0 Å². The van der Waals surface area contributed by atoms with Crippen LogP contribution in [0.4, 0.5) is 10.1 Å². The van der Waals surface area contributed by atoms with Crippen LogP contribution in [0.5, 0.6) is 0 Å². The fraction of sp³-hybridized carbons (Fsp3) is 0.238. The summed E-state index contributed by atoms with van der Waals surface area (Å²) in [5.41, 5.74) is 4.48. The molecule has 0 amide bonds. The number of halogens is 1. The van der Waals surface area contributed by atoms with Gasteiger partial charge in [-0.3, -0.25) is 0 Å². The van der Waals surface area contributed by atoms with E-state index in [1.807, 2.05) is 31.2 Å². The van der Waals surface area contributed by atoms with Crippen molar-refractivity contribution in [3.8, 4) is 6.07 Å². The standard InChI is InChI=1S/C21H19FN4/c1-14-4-6-18-19(10-14)25-21(24-18)16(13-23)11-15-5-7-20(17(22)12-15)26-8-2-3-9-26/h4-7,10-12H,2-3,8-9H2,1H3,(H,24,25)/b16-11-. The number of H-pyrrole nitrogens is 1. The van der Waals surface area contributed by atoms with Crippen molar-refractivity contribution in [1.29, 1.82) is 5.26 Å². The van der Waals surface area contributed by atoms with Crippen LogP contribution < -0.4 is 4.90 Å². The number of imidazole rings is 1. The number of nitrogens with zero attached hydrogens (tertiary/aromatic N) is 3. The van der Waals surface area contributed by atoms with Gasteiger partial charge in [0.1, 0.15) is 17.7 Å². The molecule has 1 aromatic heterocycles. The molecule has 0 bridgehead atoms. The lowest BCUT2D eigenvalue weighted by molar-refractivity contribution is 0.623. The van der Waals surface area contributed by atoms with Crippen molar-refractivity contribution >= 4 is 28.4 Å². The van der Waals surface area contributed by atoms with Gasteiger partial charge in [-0.1, -0.05) is 12.1 Å². The average Bonchev–Trinajstić information content (AvgIpc) is 3.29. The van der Waals surface area contributed by atoms with Gasteiger partial charge in [-0.05, 0) is 61.2 Å². The molecular formula is C21H19FN4. The minimum absolute atomic E-state index is 0.252. The first-order valence-electron chi connectivity index (χ1n) is 8.77. The molecule has 3 aromatic rings. The van der Waals surface area contributed by atoms with Crippen molar-refractivity contribution in [3.63, 3.8) is 0 Å². The lowest BCUT2D eigenvalue weighted by Gasteiger charge is -2.18. The number of nitrogens with one attached hydrogen (secondary N) is 1. The van der Waals surface area contributed by atoms with Gasteiger partial charge in [0, 0.05) is 13.1 Å². The topological polar surface area (TPSA) is 55.7 Å². The molecule has 26 heavy (non-hydrogen) atoms. The van der Waals surface area contributed by atoms with Gasteiger partial charge in [0.15, 0.2) is 0 Å². The fourth-order valence-electron chi connectivity index (χ4n) is 3.40. The summed E-state index contributed by atoms with van der Waals surface area (Å²) in [5, 5.41) is 9.54. The number of rotatable bonds is 3. The maximum atomic E-state index is 14.5.